The summed E-state index contributed by atoms with van der Waals surface area (Å²) in [5.41, 5.74) is 3.14. The number of hydrogen-bond acceptors (Lipinski definition) is 4. The highest BCUT2D eigenvalue weighted by molar-refractivity contribution is 5.61. The van der Waals surface area contributed by atoms with Crippen LogP contribution in [0.5, 0.6) is 11.5 Å². The molecule has 1 heterocycles. The molecule has 1 aliphatic carbocycles. The molecule has 0 saturated carbocycles. The fourth-order valence-electron chi connectivity index (χ4n) is 3.04. The molecule has 0 N–H and O–H groups in total. The zero-order chi connectivity index (χ0) is 15.1. The lowest BCUT2D eigenvalue weighted by Gasteiger charge is -2.21. The summed E-state index contributed by atoms with van der Waals surface area (Å²) in [7, 11) is 0. The third-order valence-electron chi connectivity index (χ3n) is 4.15. The molecule has 0 bridgehead atoms. The molecule has 1 aliphatic heterocycles. The van der Waals surface area contributed by atoms with Gasteiger partial charge in [-0.1, -0.05) is 30.3 Å². The molecule has 2 aromatic carbocycles. The SMILES string of the molecule is O=[N+]([O-])C1=Cc2ccccc2CC1c1ccc2c(c1)OCO2. The predicted octanol–water partition coefficient (Wildman–Crippen LogP) is 3.37. The molecule has 0 radical (unpaired) electrons. The van der Waals surface area contributed by atoms with Crippen molar-refractivity contribution < 1.29 is 14.4 Å². The van der Waals surface area contributed by atoms with Crippen molar-refractivity contribution >= 4 is 6.08 Å². The van der Waals surface area contributed by atoms with E-state index in [4.69, 9.17) is 9.47 Å². The summed E-state index contributed by atoms with van der Waals surface area (Å²) in [6.07, 6.45) is 2.29. The van der Waals surface area contributed by atoms with E-state index >= 15 is 0 Å². The summed E-state index contributed by atoms with van der Waals surface area (Å²) in [6, 6.07) is 13.3. The van der Waals surface area contributed by atoms with Crippen molar-refractivity contribution in [1.82, 2.24) is 0 Å². The molecule has 0 saturated heterocycles. The Hall–Kier alpha value is -2.82. The zero-order valence-corrected chi connectivity index (χ0v) is 11.7. The maximum absolute atomic E-state index is 11.5. The molecule has 5 nitrogen and oxygen atoms in total. The smallest absolute Gasteiger partial charge is 0.254 e. The van der Waals surface area contributed by atoms with E-state index < -0.39 is 0 Å². The van der Waals surface area contributed by atoms with E-state index in [-0.39, 0.29) is 23.3 Å². The molecular weight excluding hydrogens is 282 g/mol. The van der Waals surface area contributed by atoms with Gasteiger partial charge in [0.1, 0.15) is 0 Å². The van der Waals surface area contributed by atoms with Crippen LogP contribution in [0.2, 0.25) is 0 Å². The first-order valence-corrected chi connectivity index (χ1v) is 7.06. The average Bonchev–Trinajstić information content (AvgIpc) is 3.01. The minimum Gasteiger partial charge on any atom is -0.454 e. The Kier molecular flexibility index (Phi) is 2.85. The highest BCUT2D eigenvalue weighted by atomic mass is 16.7. The van der Waals surface area contributed by atoms with Gasteiger partial charge >= 0.3 is 0 Å². The fraction of sp³-hybridized carbons (Fsp3) is 0.176. The minimum absolute atomic E-state index is 0.199. The van der Waals surface area contributed by atoms with Crippen molar-refractivity contribution in [3.63, 3.8) is 0 Å². The standard InChI is InChI=1S/C17H13NO4/c19-18(20)15-8-12-4-2-1-3-11(12)7-14(15)13-5-6-16-17(9-13)22-10-21-16/h1-6,8-9,14H,7,10H2. The third kappa shape index (κ3) is 2.02. The Labute approximate surface area is 126 Å². The molecule has 2 aromatic rings. The van der Waals surface area contributed by atoms with E-state index in [9.17, 15) is 10.1 Å². The van der Waals surface area contributed by atoms with E-state index in [1.54, 1.807) is 6.08 Å². The molecule has 110 valence electrons. The van der Waals surface area contributed by atoms with Crippen molar-refractivity contribution in [2.24, 2.45) is 0 Å². The van der Waals surface area contributed by atoms with Gasteiger partial charge in [0.2, 0.25) is 6.79 Å². The molecular formula is C17H13NO4. The highest BCUT2D eigenvalue weighted by Gasteiger charge is 2.32. The van der Waals surface area contributed by atoms with Gasteiger partial charge in [-0.05, 0) is 35.2 Å². The molecule has 4 rings (SSSR count). The van der Waals surface area contributed by atoms with Crippen molar-refractivity contribution in [1.29, 1.82) is 0 Å². The minimum atomic E-state index is -0.287. The van der Waals surface area contributed by atoms with Crippen LogP contribution < -0.4 is 9.47 Å². The summed E-state index contributed by atoms with van der Waals surface area (Å²) >= 11 is 0. The Balaban J connectivity index is 1.79. The van der Waals surface area contributed by atoms with Crippen LogP contribution in [0.3, 0.4) is 0 Å². The van der Waals surface area contributed by atoms with Gasteiger partial charge in [-0.15, -0.1) is 0 Å². The van der Waals surface area contributed by atoms with E-state index in [0.29, 0.717) is 17.9 Å². The topological polar surface area (TPSA) is 61.6 Å². The first-order valence-electron chi connectivity index (χ1n) is 7.06. The normalized spacial score (nSPS) is 18.5. The van der Waals surface area contributed by atoms with Gasteiger partial charge < -0.3 is 9.47 Å². The third-order valence-corrected chi connectivity index (χ3v) is 4.15. The van der Waals surface area contributed by atoms with Crippen LogP contribution in [0, 0.1) is 10.1 Å². The molecule has 1 atom stereocenters. The van der Waals surface area contributed by atoms with Crippen LogP contribution in [-0.2, 0) is 6.42 Å². The number of nitro groups is 1. The summed E-state index contributed by atoms with van der Waals surface area (Å²) < 4.78 is 10.7. The number of rotatable bonds is 2. The number of allylic oxidation sites excluding steroid dienone is 1. The number of benzene rings is 2. The fourth-order valence-corrected chi connectivity index (χ4v) is 3.04. The summed E-state index contributed by atoms with van der Waals surface area (Å²) in [6.45, 7) is 0.199. The first kappa shape index (κ1) is 12.9. The van der Waals surface area contributed by atoms with E-state index in [2.05, 4.69) is 0 Å². The number of nitrogens with zero attached hydrogens (tertiary/aromatic N) is 1. The van der Waals surface area contributed by atoms with Gasteiger partial charge in [0, 0.05) is 6.08 Å². The van der Waals surface area contributed by atoms with Crippen LogP contribution in [0.15, 0.2) is 48.2 Å². The van der Waals surface area contributed by atoms with E-state index in [1.165, 1.54) is 0 Å². The summed E-state index contributed by atoms with van der Waals surface area (Å²) in [4.78, 5) is 11.2. The van der Waals surface area contributed by atoms with Crippen molar-refractivity contribution in [2.45, 2.75) is 12.3 Å². The van der Waals surface area contributed by atoms with Gasteiger partial charge in [-0.25, -0.2) is 0 Å². The van der Waals surface area contributed by atoms with Gasteiger partial charge in [0.15, 0.2) is 11.5 Å². The highest BCUT2D eigenvalue weighted by Crippen LogP contribution is 2.40. The van der Waals surface area contributed by atoms with Crippen molar-refractivity contribution in [3.05, 3.63) is 75.0 Å². The number of fused-ring (bicyclic) bond motifs is 2. The van der Waals surface area contributed by atoms with Gasteiger partial charge in [-0.3, -0.25) is 10.1 Å². The van der Waals surface area contributed by atoms with E-state index in [0.717, 1.165) is 16.7 Å². The quantitative estimate of drug-likeness (QED) is 0.629. The number of ether oxygens (including phenoxy) is 2. The maximum Gasteiger partial charge on any atom is 0.254 e. The molecule has 2 aliphatic rings. The second-order valence-corrected chi connectivity index (χ2v) is 5.39. The van der Waals surface area contributed by atoms with Crippen molar-refractivity contribution in [3.8, 4) is 11.5 Å². The van der Waals surface area contributed by atoms with Crippen LogP contribution in [-0.4, -0.2) is 11.7 Å². The second-order valence-electron chi connectivity index (χ2n) is 5.39. The lowest BCUT2D eigenvalue weighted by Crippen LogP contribution is -2.17. The lowest BCUT2D eigenvalue weighted by atomic mass is 9.82. The first-order chi connectivity index (χ1) is 10.7. The van der Waals surface area contributed by atoms with E-state index in [1.807, 2.05) is 42.5 Å². The summed E-state index contributed by atoms with van der Waals surface area (Å²) in [5.74, 6) is 1.06. The molecule has 22 heavy (non-hydrogen) atoms. The summed E-state index contributed by atoms with van der Waals surface area (Å²) in [5, 5.41) is 11.5. The van der Waals surface area contributed by atoms with Gasteiger partial charge in [0.25, 0.3) is 5.70 Å². The maximum atomic E-state index is 11.5. The van der Waals surface area contributed by atoms with Crippen LogP contribution in [0.1, 0.15) is 22.6 Å². The molecule has 0 fully saturated rings. The molecule has 0 amide bonds. The Bertz CT molecular complexity index is 797. The molecule has 0 aromatic heterocycles. The second kappa shape index (κ2) is 4.87. The molecule has 1 unspecified atom stereocenters. The lowest BCUT2D eigenvalue weighted by molar-refractivity contribution is -0.428. The molecule has 0 spiro atoms. The van der Waals surface area contributed by atoms with Gasteiger partial charge in [-0.2, -0.15) is 0 Å². The largest absolute Gasteiger partial charge is 0.454 e. The monoisotopic (exact) mass is 295 g/mol. The number of hydrogen-bond donors (Lipinski definition) is 0. The van der Waals surface area contributed by atoms with Crippen LogP contribution in [0.4, 0.5) is 0 Å². The predicted molar refractivity (Wildman–Crippen MR) is 80.4 cm³/mol. The zero-order valence-electron chi connectivity index (χ0n) is 11.7. The van der Waals surface area contributed by atoms with Crippen LogP contribution >= 0.6 is 0 Å². The molecule has 5 heteroatoms. The van der Waals surface area contributed by atoms with Gasteiger partial charge in [0.05, 0.1) is 10.8 Å². The Morgan fingerprint density at radius 3 is 2.77 bits per heavy atom. The average molecular weight is 295 g/mol. The Morgan fingerprint density at radius 1 is 1.09 bits per heavy atom. The van der Waals surface area contributed by atoms with Crippen LogP contribution in [0.25, 0.3) is 6.08 Å². The Morgan fingerprint density at radius 2 is 1.91 bits per heavy atom. The van der Waals surface area contributed by atoms with Crippen molar-refractivity contribution in [2.75, 3.05) is 6.79 Å².